The number of hydrogen-bond acceptors (Lipinski definition) is 2. The maximum absolute atomic E-state index is 12.6. The van der Waals surface area contributed by atoms with E-state index in [-0.39, 0.29) is 11.8 Å². The summed E-state index contributed by atoms with van der Waals surface area (Å²) < 4.78 is 28.3. The highest BCUT2D eigenvalue weighted by atomic mass is 32.2. The molecule has 4 aliphatic rings. The molecule has 118 valence electrons. The molecule has 2 atom stereocenters. The summed E-state index contributed by atoms with van der Waals surface area (Å²) in [7, 11) is -3.27. The fourth-order valence-electron chi connectivity index (χ4n) is 4.75. The molecule has 0 aromatic heterocycles. The van der Waals surface area contributed by atoms with Crippen LogP contribution in [0.15, 0.2) is 35.9 Å². The van der Waals surface area contributed by atoms with Gasteiger partial charge in [-0.1, -0.05) is 35.9 Å². The third kappa shape index (κ3) is 2.63. The Bertz CT molecular complexity index is 704. The lowest BCUT2D eigenvalue weighted by atomic mass is 9.59. The standard InChI is InChI=1S/C18H23NO2S/c1-12-4-2-3-5-15(12)11-22(20,21)19-18-16-7-13-6-14(9-16)10-17(18)8-13/h2-6,13,16-19H,7-11H2,1H3. The number of hydrogen-bond donors (Lipinski definition) is 1. The molecule has 0 heterocycles. The Morgan fingerprint density at radius 2 is 1.82 bits per heavy atom. The van der Waals surface area contributed by atoms with Crippen molar-refractivity contribution in [2.45, 2.75) is 44.4 Å². The Labute approximate surface area is 132 Å². The minimum Gasteiger partial charge on any atom is -0.212 e. The van der Waals surface area contributed by atoms with E-state index in [2.05, 4.69) is 10.8 Å². The molecule has 1 aromatic rings. The fourth-order valence-corrected chi connectivity index (χ4v) is 6.37. The first kappa shape index (κ1) is 14.5. The van der Waals surface area contributed by atoms with Crippen molar-refractivity contribution in [1.82, 2.24) is 4.72 Å². The van der Waals surface area contributed by atoms with Gasteiger partial charge in [0.15, 0.2) is 0 Å². The van der Waals surface area contributed by atoms with Crippen LogP contribution in [0.25, 0.3) is 0 Å². The van der Waals surface area contributed by atoms with Crippen LogP contribution in [0.3, 0.4) is 0 Å². The van der Waals surface area contributed by atoms with E-state index < -0.39 is 10.0 Å². The average molecular weight is 317 g/mol. The van der Waals surface area contributed by atoms with Crippen molar-refractivity contribution in [3.8, 4) is 0 Å². The minimum atomic E-state index is -3.27. The Morgan fingerprint density at radius 1 is 1.14 bits per heavy atom. The van der Waals surface area contributed by atoms with Crippen LogP contribution in [0.1, 0.15) is 36.8 Å². The summed E-state index contributed by atoms with van der Waals surface area (Å²) in [5.74, 6) is 1.85. The lowest BCUT2D eigenvalue weighted by molar-refractivity contribution is 0.123. The van der Waals surface area contributed by atoms with E-state index in [0.717, 1.165) is 36.8 Å². The first-order chi connectivity index (χ1) is 10.5. The van der Waals surface area contributed by atoms with Crippen molar-refractivity contribution in [3.05, 3.63) is 47.0 Å². The summed E-state index contributed by atoms with van der Waals surface area (Å²) in [6.45, 7) is 1.97. The van der Waals surface area contributed by atoms with Crippen molar-refractivity contribution in [2.24, 2.45) is 17.8 Å². The van der Waals surface area contributed by atoms with Crippen molar-refractivity contribution in [1.29, 1.82) is 0 Å². The van der Waals surface area contributed by atoms with Crippen LogP contribution >= 0.6 is 0 Å². The van der Waals surface area contributed by atoms with Crippen molar-refractivity contribution in [2.75, 3.05) is 0 Å². The first-order valence-corrected chi connectivity index (χ1v) is 9.89. The normalized spacial score (nSPS) is 33.0. The van der Waals surface area contributed by atoms with E-state index in [1.807, 2.05) is 31.2 Å². The van der Waals surface area contributed by atoms with E-state index in [1.165, 1.54) is 0 Å². The highest BCUT2D eigenvalue weighted by Crippen LogP contribution is 2.50. The van der Waals surface area contributed by atoms with Gasteiger partial charge in [0.25, 0.3) is 0 Å². The molecular weight excluding hydrogens is 294 g/mol. The molecule has 1 aromatic carbocycles. The summed E-state index contributed by atoms with van der Waals surface area (Å²) in [6, 6.07) is 7.90. The number of nitrogens with one attached hydrogen (secondary N) is 1. The van der Waals surface area contributed by atoms with Crippen molar-refractivity contribution < 1.29 is 8.42 Å². The molecule has 0 spiro atoms. The third-order valence-corrected chi connectivity index (χ3v) is 6.99. The quantitative estimate of drug-likeness (QED) is 0.867. The van der Waals surface area contributed by atoms with E-state index in [4.69, 9.17) is 0 Å². The zero-order valence-electron chi connectivity index (χ0n) is 13.0. The number of sulfonamides is 1. The van der Waals surface area contributed by atoms with Gasteiger partial charge in [0.2, 0.25) is 10.0 Å². The molecule has 0 radical (unpaired) electrons. The van der Waals surface area contributed by atoms with Gasteiger partial charge in [-0.3, -0.25) is 0 Å². The smallest absolute Gasteiger partial charge is 0.212 e. The Morgan fingerprint density at radius 3 is 2.45 bits per heavy atom. The molecule has 1 N–H and O–H groups in total. The summed E-state index contributed by atoms with van der Waals surface area (Å²) in [5.41, 5.74) is 3.52. The van der Waals surface area contributed by atoms with Crippen LogP contribution in [-0.2, 0) is 15.8 Å². The van der Waals surface area contributed by atoms with Crippen LogP contribution in [0.4, 0.5) is 0 Å². The molecule has 4 aliphatic carbocycles. The van der Waals surface area contributed by atoms with Gasteiger partial charge in [-0.25, -0.2) is 13.1 Å². The van der Waals surface area contributed by atoms with Gasteiger partial charge in [0.05, 0.1) is 5.75 Å². The van der Waals surface area contributed by atoms with Gasteiger partial charge in [-0.05, 0) is 61.5 Å². The van der Waals surface area contributed by atoms with Gasteiger partial charge < -0.3 is 0 Å². The maximum Gasteiger partial charge on any atom is 0.216 e. The summed E-state index contributed by atoms with van der Waals surface area (Å²) >= 11 is 0. The molecule has 2 saturated carbocycles. The number of aryl methyl sites for hydroxylation is 1. The predicted octanol–water partition coefficient (Wildman–Crippen LogP) is 3.16. The highest BCUT2D eigenvalue weighted by Gasteiger charge is 2.45. The van der Waals surface area contributed by atoms with Crippen LogP contribution in [0.5, 0.6) is 0 Å². The lowest BCUT2D eigenvalue weighted by Crippen LogP contribution is -2.53. The first-order valence-electron chi connectivity index (χ1n) is 8.24. The molecule has 2 unspecified atom stereocenters. The second-order valence-electron chi connectivity index (χ2n) is 7.31. The number of allylic oxidation sites excluding steroid dienone is 2. The van der Waals surface area contributed by atoms with E-state index in [1.54, 1.807) is 5.57 Å². The zero-order chi connectivity index (χ0) is 15.3. The van der Waals surface area contributed by atoms with E-state index in [0.29, 0.717) is 17.8 Å². The maximum atomic E-state index is 12.6. The predicted molar refractivity (Wildman–Crippen MR) is 87.7 cm³/mol. The van der Waals surface area contributed by atoms with Crippen LogP contribution in [0, 0.1) is 24.7 Å². The zero-order valence-corrected chi connectivity index (χ0v) is 13.8. The van der Waals surface area contributed by atoms with E-state index >= 15 is 0 Å². The van der Waals surface area contributed by atoms with Gasteiger partial charge >= 0.3 is 0 Å². The van der Waals surface area contributed by atoms with Gasteiger partial charge in [0.1, 0.15) is 0 Å². The number of benzene rings is 1. The Balaban J connectivity index is 1.51. The molecule has 4 heteroatoms. The topological polar surface area (TPSA) is 46.2 Å². The molecule has 0 aliphatic heterocycles. The van der Waals surface area contributed by atoms with Gasteiger partial charge in [-0.15, -0.1) is 0 Å². The Kier molecular flexibility index (Phi) is 3.42. The monoisotopic (exact) mass is 317 g/mol. The van der Waals surface area contributed by atoms with Crippen molar-refractivity contribution in [3.63, 3.8) is 0 Å². The van der Waals surface area contributed by atoms with Crippen molar-refractivity contribution >= 4 is 10.0 Å². The molecule has 22 heavy (non-hydrogen) atoms. The summed E-state index contributed by atoms with van der Waals surface area (Å²) in [6.07, 6.45) is 6.98. The Hall–Kier alpha value is -1.13. The summed E-state index contributed by atoms with van der Waals surface area (Å²) in [4.78, 5) is 0. The molecular formula is C18H23NO2S. The van der Waals surface area contributed by atoms with Gasteiger partial charge in [0, 0.05) is 6.04 Å². The highest BCUT2D eigenvalue weighted by molar-refractivity contribution is 7.88. The molecule has 5 rings (SSSR count). The molecule has 2 fully saturated rings. The van der Waals surface area contributed by atoms with Gasteiger partial charge in [-0.2, -0.15) is 0 Å². The molecule has 0 saturated heterocycles. The SMILES string of the molecule is Cc1ccccc1CS(=O)(=O)NC1C2CC3=CC(C2)CC1C3. The molecule has 3 nitrogen and oxygen atoms in total. The van der Waals surface area contributed by atoms with Crippen LogP contribution < -0.4 is 4.72 Å². The molecule has 0 amide bonds. The fraction of sp³-hybridized carbons (Fsp3) is 0.556. The van der Waals surface area contributed by atoms with Crippen LogP contribution in [0.2, 0.25) is 0 Å². The second-order valence-corrected chi connectivity index (χ2v) is 9.07. The van der Waals surface area contributed by atoms with E-state index in [9.17, 15) is 8.42 Å². The largest absolute Gasteiger partial charge is 0.216 e. The lowest BCUT2D eigenvalue weighted by Gasteiger charge is -2.50. The average Bonchev–Trinajstić information content (AvgIpc) is 2.44. The number of rotatable bonds is 4. The minimum absolute atomic E-state index is 0.0989. The summed E-state index contributed by atoms with van der Waals surface area (Å²) in [5, 5.41) is 0. The third-order valence-electron chi connectivity index (χ3n) is 5.67. The van der Waals surface area contributed by atoms with Crippen LogP contribution in [-0.4, -0.2) is 14.5 Å². The second kappa shape index (κ2) is 5.20. The molecule has 4 bridgehead atoms.